The number of nitrogens with zero attached hydrogens (tertiary/aromatic N) is 2. The first-order valence-corrected chi connectivity index (χ1v) is 4.78. The Hall–Kier alpha value is -0.800. The maximum absolute atomic E-state index is 11.0. The van der Waals surface area contributed by atoms with Gasteiger partial charge in [0.2, 0.25) is 5.91 Å². The fraction of sp³-hybridized carbons (Fsp3) is 0.333. The van der Waals surface area contributed by atoms with Gasteiger partial charge >= 0.3 is 0 Å². The van der Waals surface area contributed by atoms with Crippen molar-refractivity contribution in [3.63, 3.8) is 0 Å². The van der Waals surface area contributed by atoms with Gasteiger partial charge in [0, 0.05) is 20.5 Å². The number of carbonyl (C=O) groups excluding carboxylic acids is 1. The summed E-state index contributed by atoms with van der Waals surface area (Å²) in [6.45, 7) is 1.99. The number of hydrogen-bond donors (Lipinski definition) is 0. The van der Waals surface area contributed by atoms with Crippen LogP contribution in [0.4, 0.5) is 0 Å². The Kier molecular flexibility index (Phi) is 3.72. The number of halogens is 2. The van der Waals surface area contributed by atoms with Crippen molar-refractivity contribution in [3.8, 4) is 0 Å². The molecule has 1 amide bonds. The van der Waals surface area contributed by atoms with Crippen LogP contribution in [0.25, 0.3) is 0 Å². The second-order valence-electron chi connectivity index (χ2n) is 3.00. The van der Waals surface area contributed by atoms with Crippen molar-refractivity contribution < 1.29 is 4.79 Å². The predicted molar refractivity (Wildman–Crippen MR) is 56.4 cm³/mol. The summed E-state index contributed by atoms with van der Waals surface area (Å²) in [5, 5.41) is 0.675. The first-order valence-electron chi connectivity index (χ1n) is 4.02. The average Bonchev–Trinajstić information content (AvgIpc) is 2.01. The topological polar surface area (TPSA) is 33.2 Å². The van der Waals surface area contributed by atoms with Crippen LogP contribution >= 0.6 is 23.2 Å². The molecule has 1 aromatic heterocycles. The van der Waals surface area contributed by atoms with E-state index >= 15 is 0 Å². The molecule has 0 aromatic carbocycles. The Labute approximate surface area is 92.6 Å². The van der Waals surface area contributed by atoms with E-state index in [0.29, 0.717) is 16.9 Å². The Morgan fingerprint density at radius 3 is 2.36 bits per heavy atom. The van der Waals surface area contributed by atoms with Crippen molar-refractivity contribution in [1.82, 2.24) is 9.88 Å². The van der Waals surface area contributed by atoms with Gasteiger partial charge in [-0.3, -0.25) is 4.79 Å². The molecule has 5 heteroatoms. The minimum absolute atomic E-state index is 0.00550. The third kappa shape index (κ3) is 3.16. The molecule has 1 rings (SSSR count). The largest absolute Gasteiger partial charge is 0.342 e. The van der Waals surface area contributed by atoms with Crippen molar-refractivity contribution in [2.24, 2.45) is 0 Å². The molecule has 1 heterocycles. The van der Waals surface area contributed by atoms with Gasteiger partial charge in [-0.2, -0.15) is 0 Å². The van der Waals surface area contributed by atoms with Crippen LogP contribution in [-0.4, -0.2) is 22.8 Å². The lowest BCUT2D eigenvalue weighted by Crippen LogP contribution is -2.23. The number of aromatic nitrogens is 1. The lowest BCUT2D eigenvalue weighted by atomic mass is 10.2. The quantitative estimate of drug-likeness (QED) is 0.734. The standard InChI is InChI=1S/C9H10Cl2N2O/c1-6(14)13(2)5-7-3-8(10)12-9(11)4-7/h3-4H,5H2,1-2H3. The predicted octanol–water partition coefficient (Wildman–Crippen LogP) is 2.37. The van der Waals surface area contributed by atoms with Crippen molar-refractivity contribution in [2.75, 3.05) is 7.05 Å². The molecule has 0 fully saturated rings. The van der Waals surface area contributed by atoms with Crippen molar-refractivity contribution in [2.45, 2.75) is 13.5 Å². The van der Waals surface area contributed by atoms with Gasteiger partial charge in [-0.1, -0.05) is 23.2 Å². The molecule has 14 heavy (non-hydrogen) atoms. The zero-order valence-corrected chi connectivity index (χ0v) is 9.43. The first kappa shape index (κ1) is 11.3. The smallest absolute Gasteiger partial charge is 0.219 e. The lowest BCUT2D eigenvalue weighted by molar-refractivity contribution is -0.128. The highest BCUT2D eigenvalue weighted by Crippen LogP contribution is 2.15. The van der Waals surface area contributed by atoms with Crippen LogP contribution in [0, 0.1) is 0 Å². The van der Waals surface area contributed by atoms with Gasteiger partial charge in [-0.15, -0.1) is 0 Å². The minimum Gasteiger partial charge on any atom is -0.342 e. The minimum atomic E-state index is -0.00550. The van der Waals surface area contributed by atoms with E-state index in [1.165, 1.54) is 6.92 Å². The highest BCUT2D eigenvalue weighted by atomic mass is 35.5. The van der Waals surface area contributed by atoms with Crippen LogP contribution in [0.15, 0.2) is 12.1 Å². The SMILES string of the molecule is CC(=O)N(C)Cc1cc(Cl)nc(Cl)c1. The molecular weight excluding hydrogens is 223 g/mol. The normalized spacial score (nSPS) is 10.0. The summed E-state index contributed by atoms with van der Waals surface area (Å²) in [6.07, 6.45) is 0. The molecule has 1 aromatic rings. The average molecular weight is 233 g/mol. The first-order chi connectivity index (χ1) is 6.49. The third-order valence-electron chi connectivity index (χ3n) is 1.78. The summed E-state index contributed by atoms with van der Waals surface area (Å²) in [5.74, 6) is -0.00550. The maximum atomic E-state index is 11.0. The molecule has 0 saturated heterocycles. The van der Waals surface area contributed by atoms with E-state index in [2.05, 4.69) is 4.98 Å². The monoisotopic (exact) mass is 232 g/mol. The van der Waals surface area contributed by atoms with E-state index in [-0.39, 0.29) is 5.91 Å². The van der Waals surface area contributed by atoms with Gasteiger partial charge in [-0.25, -0.2) is 4.98 Å². The number of pyridine rings is 1. The summed E-state index contributed by atoms with van der Waals surface area (Å²) in [7, 11) is 1.71. The molecule has 3 nitrogen and oxygen atoms in total. The zero-order valence-electron chi connectivity index (χ0n) is 7.92. The van der Waals surface area contributed by atoms with Crippen LogP contribution in [0.5, 0.6) is 0 Å². The summed E-state index contributed by atoms with van der Waals surface area (Å²) in [5.41, 5.74) is 0.868. The molecule has 0 radical (unpaired) electrons. The number of hydrogen-bond acceptors (Lipinski definition) is 2. The molecule has 0 saturated carbocycles. The van der Waals surface area contributed by atoms with Crippen LogP contribution in [0.1, 0.15) is 12.5 Å². The van der Waals surface area contributed by atoms with E-state index in [1.54, 1.807) is 24.1 Å². The third-order valence-corrected chi connectivity index (χ3v) is 2.17. The Bertz CT molecular complexity index is 334. The molecular formula is C9H10Cl2N2O. The molecule has 0 N–H and O–H groups in total. The zero-order chi connectivity index (χ0) is 10.7. The second kappa shape index (κ2) is 4.62. The Morgan fingerprint density at radius 2 is 1.93 bits per heavy atom. The molecule has 0 atom stereocenters. The van der Waals surface area contributed by atoms with Crippen LogP contribution in [0.2, 0.25) is 10.3 Å². The summed E-state index contributed by atoms with van der Waals surface area (Å²) < 4.78 is 0. The van der Waals surface area contributed by atoms with E-state index in [1.807, 2.05) is 0 Å². The molecule has 0 unspecified atom stereocenters. The Morgan fingerprint density at radius 1 is 1.43 bits per heavy atom. The van der Waals surface area contributed by atoms with E-state index in [9.17, 15) is 4.79 Å². The van der Waals surface area contributed by atoms with Gasteiger partial charge in [0.25, 0.3) is 0 Å². The summed E-state index contributed by atoms with van der Waals surface area (Å²) in [4.78, 5) is 16.3. The molecule has 0 aliphatic carbocycles. The fourth-order valence-electron chi connectivity index (χ4n) is 0.991. The fourth-order valence-corrected chi connectivity index (χ4v) is 1.50. The summed E-state index contributed by atoms with van der Waals surface area (Å²) >= 11 is 11.4. The van der Waals surface area contributed by atoms with Crippen molar-refractivity contribution in [1.29, 1.82) is 0 Å². The second-order valence-corrected chi connectivity index (χ2v) is 3.77. The molecule has 0 spiro atoms. The molecule has 0 aliphatic rings. The lowest BCUT2D eigenvalue weighted by Gasteiger charge is -2.14. The molecule has 76 valence electrons. The summed E-state index contributed by atoms with van der Waals surface area (Å²) in [6, 6.07) is 3.37. The molecule has 0 bridgehead atoms. The van der Waals surface area contributed by atoms with Crippen LogP contribution in [0.3, 0.4) is 0 Å². The van der Waals surface area contributed by atoms with Crippen LogP contribution in [-0.2, 0) is 11.3 Å². The van der Waals surface area contributed by atoms with Gasteiger partial charge in [0.15, 0.2) is 0 Å². The Balaban J connectivity index is 2.81. The van der Waals surface area contributed by atoms with Crippen LogP contribution < -0.4 is 0 Å². The maximum Gasteiger partial charge on any atom is 0.219 e. The van der Waals surface area contributed by atoms with E-state index in [0.717, 1.165) is 5.56 Å². The van der Waals surface area contributed by atoms with Gasteiger partial charge in [-0.05, 0) is 17.7 Å². The highest BCUT2D eigenvalue weighted by molar-refractivity contribution is 6.32. The van der Waals surface area contributed by atoms with E-state index in [4.69, 9.17) is 23.2 Å². The number of amides is 1. The molecule has 0 aliphatic heterocycles. The van der Waals surface area contributed by atoms with Gasteiger partial charge < -0.3 is 4.90 Å². The van der Waals surface area contributed by atoms with Crippen molar-refractivity contribution in [3.05, 3.63) is 28.0 Å². The van der Waals surface area contributed by atoms with Gasteiger partial charge in [0.1, 0.15) is 10.3 Å². The number of carbonyl (C=O) groups is 1. The van der Waals surface area contributed by atoms with Gasteiger partial charge in [0.05, 0.1) is 0 Å². The van der Waals surface area contributed by atoms with E-state index < -0.39 is 0 Å². The highest BCUT2D eigenvalue weighted by Gasteiger charge is 2.05. The number of rotatable bonds is 2. The van der Waals surface area contributed by atoms with Crippen molar-refractivity contribution >= 4 is 29.1 Å².